The number of ether oxygens (including phenoxy) is 2. The maximum atomic E-state index is 12.1. The van der Waals surface area contributed by atoms with E-state index >= 15 is 0 Å². The smallest absolute Gasteiger partial charge is 0.323 e. The predicted molar refractivity (Wildman–Crippen MR) is 63.3 cm³/mol. The van der Waals surface area contributed by atoms with E-state index < -0.39 is 17.4 Å². The second kappa shape index (κ2) is 6.39. The third-order valence-electron chi connectivity index (χ3n) is 3.44. The summed E-state index contributed by atoms with van der Waals surface area (Å²) in [6.07, 6.45) is 2.02. The summed E-state index contributed by atoms with van der Waals surface area (Å²) in [5.41, 5.74) is -1.26. The molecule has 5 nitrogen and oxygen atoms in total. The molecule has 0 heterocycles. The van der Waals surface area contributed by atoms with Crippen LogP contribution in [0.1, 0.15) is 39.5 Å². The molecule has 0 bridgehead atoms. The first-order valence-corrected chi connectivity index (χ1v) is 6.34. The number of nitrogens with zero attached hydrogens (tertiary/aromatic N) is 1. The van der Waals surface area contributed by atoms with E-state index in [1.165, 1.54) is 0 Å². The molecule has 1 fully saturated rings. The highest BCUT2D eigenvalue weighted by Gasteiger charge is 2.57. The average Bonchev–Trinajstić information content (AvgIpc) is 2.75. The molecule has 1 rings (SSSR count). The molecule has 0 N–H and O–H groups in total. The Morgan fingerprint density at radius 2 is 1.83 bits per heavy atom. The summed E-state index contributed by atoms with van der Waals surface area (Å²) >= 11 is 0. The molecule has 1 aliphatic rings. The zero-order chi connectivity index (χ0) is 13.6. The summed E-state index contributed by atoms with van der Waals surface area (Å²) in [6.45, 7) is 3.84. The van der Waals surface area contributed by atoms with Crippen molar-refractivity contribution in [2.75, 3.05) is 13.2 Å². The van der Waals surface area contributed by atoms with E-state index in [1.54, 1.807) is 13.8 Å². The molecule has 1 saturated carbocycles. The lowest BCUT2D eigenvalue weighted by molar-refractivity contribution is -0.175. The standard InChI is InChI=1S/C13H19NO4/c1-3-17-11(15)13(12(16)18-4-2)8-5-6-10(13)7-9-14/h10H,3-8H2,1-2H3. The molecular formula is C13H19NO4. The molecule has 0 amide bonds. The van der Waals surface area contributed by atoms with Crippen LogP contribution in [0.2, 0.25) is 0 Å². The van der Waals surface area contributed by atoms with Gasteiger partial charge in [-0.1, -0.05) is 6.42 Å². The van der Waals surface area contributed by atoms with E-state index in [9.17, 15) is 9.59 Å². The van der Waals surface area contributed by atoms with Crippen molar-refractivity contribution in [1.29, 1.82) is 5.26 Å². The molecule has 18 heavy (non-hydrogen) atoms. The first-order chi connectivity index (χ1) is 8.63. The molecule has 0 radical (unpaired) electrons. The van der Waals surface area contributed by atoms with Gasteiger partial charge < -0.3 is 9.47 Å². The van der Waals surface area contributed by atoms with Crippen molar-refractivity contribution < 1.29 is 19.1 Å². The zero-order valence-corrected chi connectivity index (χ0v) is 10.9. The highest BCUT2D eigenvalue weighted by molar-refractivity contribution is 6.00. The lowest BCUT2D eigenvalue weighted by Crippen LogP contribution is -2.44. The van der Waals surface area contributed by atoms with Gasteiger partial charge in [-0.25, -0.2) is 0 Å². The number of esters is 2. The van der Waals surface area contributed by atoms with E-state index in [4.69, 9.17) is 14.7 Å². The van der Waals surface area contributed by atoms with Gasteiger partial charge in [0.15, 0.2) is 5.41 Å². The molecule has 1 aliphatic carbocycles. The van der Waals surface area contributed by atoms with E-state index in [0.717, 1.165) is 6.42 Å². The van der Waals surface area contributed by atoms with Crippen LogP contribution in [0, 0.1) is 22.7 Å². The highest BCUT2D eigenvalue weighted by Crippen LogP contribution is 2.47. The minimum absolute atomic E-state index is 0.178. The van der Waals surface area contributed by atoms with Gasteiger partial charge in [-0.3, -0.25) is 9.59 Å². The molecule has 100 valence electrons. The van der Waals surface area contributed by atoms with Crippen molar-refractivity contribution in [3.05, 3.63) is 0 Å². The Kier molecular flexibility index (Phi) is 5.14. The number of hydrogen-bond acceptors (Lipinski definition) is 5. The van der Waals surface area contributed by atoms with Crippen LogP contribution in [-0.4, -0.2) is 25.2 Å². The molecule has 0 aromatic carbocycles. The van der Waals surface area contributed by atoms with Gasteiger partial charge in [0, 0.05) is 6.42 Å². The van der Waals surface area contributed by atoms with Crippen LogP contribution in [0.5, 0.6) is 0 Å². The van der Waals surface area contributed by atoms with Crippen LogP contribution in [-0.2, 0) is 19.1 Å². The fraction of sp³-hybridized carbons (Fsp3) is 0.769. The Labute approximate surface area is 107 Å². The number of carbonyl (C=O) groups excluding carboxylic acids is 2. The van der Waals surface area contributed by atoms with Gasteiger partial charge in [0.2, 0.25) is 0 Å². The average molecular weight is 253 g/mol. The minimum atomic E-state index is -1.26. The number of hydrogen-bond donors (Lipinski definition) is 0. The SMILES string of the molecule is CCOC(=O)C1(C(=O)OCC)CCCC1CC#N. The van der Waals surface area contributed by atoms with Crippen LogP contribution in [0.4, 0.5) is 0 Å². The highest BCUT2D eigenvalue weighted by atomic mass is 16.6. The van der Waals surface area contributed by atoms with Gasteiger partial charge >= 0.3 is 11.9 Å². The van der Waals surface area contributed by atoms with Crippen LogP contribution in [0.25, 0.3) is 0 Å². The molecule has 0 saturated heterocycles. The zero-order valence-electron chi connectivity index (χ0n) is 10.9. The summed E-state index contributed by atoms with van der Waals surface area (Å²) in [5, 5.41) is 8.83. The van der Waals surface area contributed by atoms with Crippen LogP contribution < -0.4 is 0 Å². The summed E-state index contributed by atoms with van der Waals surface area (Å²) < 4.78 is 10.0. The van der Waals surface area contributed by atoms with E-state index in [2.05, 4.69) is 0 Å². The van der Waals surface area contributed by atoms with Crippen molar-refractivity contribution >= 4 is 11.9 Å². The molecule has 0 aromatic heterocycles. The van der Waals surface area contributed by atoms with E-state index in [0.29, 0.717) is 12.8 Å². The van der Waals surface area contributed by atoms with Crippen molar-refractivity contribution in [1.82, 2.24) is 0 Å². The van der Waals surface area contributed by atoms with Crippen molar-refractivity contribution in [2.24, 2.45) is 11.3 Å². The predicted octanol–water partition coefficient (Wildman–Crippen LogP) is 1.81. The maximum Gasteiger partial charge on any atom is 0.323 e. The van der Waals surface area contributed by atoms with Gasteiger partial charge in [-0.05, 0) is 32.6 Å². The second-order valence-corrected chi connectivity index (χ2v) is 4.36. The third kappa shape index (κ3) is 2.47. The second-order valence-electron chi connectivity index (χ2n) is 4.36. The molecular weight excluding hydrogens is 234 g/mol. The third-order valence-corrected chi connectivity index (χ3v) is 3.44. The maximum absolute atomic E-state index is 12.1. The van der Waals surface area contributed by atoms with Gasteiger partial charge in [-0.2, -0.15) is 5.26 Å². The molecule has 1 atom stereocenters. The Morgan fingerprint density at radius 1 is 1.28 bits per heavy atom. The normalized spacial score (nSPS) is 21.1. The summed E-state index contributed by atoms with van der Waals surface area (Å²) in [4.78, 5) is 24.3. The summed E-state index contributed by atoms with van der Waals surface area (Å²) in [6, 6.07) is 2.04. The van der Waals surface area contributed by atoms with Crippen LogP contribution in [0.15, 0.2) is 0 Å². The Morgan fingerprint density at radius 3 is 2.28 bits per heavy atom. The fourth-order valence-corrected chi connectivity index (χ4v) is 2.60. The van der Waals surface area contributed by atoms with Gasteiger partial charge in [0.05, 0.1) is 19.3 Å². The lowest BCUT2D eigenvalue weighted by atomic mass is 9.76. The van der Waals surface area contributed by atoms with Crippen LogP contribution in [0.3, 0.4) is 0 Å². The molecule has 1 unspecified atom stereocenters. The lowest BCUT2D eigenvalue weighted by Gasteiger charge is -2.29. The molecule has 5 heteroatoms. The summed E-state index contributed by atoms with van der Waals surface area (Å²) in [7, 11) is 0. The number of nitriles is 1. The Balaban J connectivity index is 3.04. The monoisotopic (exact) mass is 253 g/mol. The molecule has 0 spiro atoms. The van der Waals surface area contributed by atoms with Crippen molar-refractivity contribution in [2.45, 2.75) is 39.5 Å². The largest absolute Gasteiger partial charge is 0.465 e. The summed E-state index contributed by atoms with van der Waals surface area (Å²) in [5.74, 6) is -1.37. The Hall–Kier alpha value is -1.57. The van der Waals surface area contributed by atoms with Gasteiger partial charge in [0.25, 0.3) is 0 Å². The van der Waals surface area contributed by atoms with E-state index in [1.807, 2.05) is 6.07 Å². The Bertz CT molecular complexity index is 340. The first-order valence-electron chi connectivity index (χ1n) is 6.34. The molecule has 0 aliphatic heterocycles. The van der Waals surface area contributed by atoms with Crippen LogP contribution >= 0.6 is 0 Å². The van der Waals surface area contributed by atoms with E-state index in [-0.39, 0.29) is 25.6 Å². The van der Waals surface area contributed by atoms with Gasteiger partial charge in [-0.15, -0.1) is 0 Å². The number of carbonyl (C=O) groups is 2. The van der Waals surface area contributed by atoms with Crippen molar-refractivity contribution in [3.8, 4) is 6.07 Å². The van der Waals surface area contributed by atoms with Crippen molar-refractivity contribution in [3.63, 3.8) is 0 Å². The topological polar surface area (TPSA) is 76.4 Å². The quantitative estimate of drug-likeness (QED) is 0.551. The minimum Gasteiger partial charge on any atom is -0.465 e. The fourth-order valence-electron chi connectivity index (χ4n) is 2.60. The van der Waals surface area contributed by atoms with Gasteiger partial charge in [0.1, 0.15) is 0 Å². The number of rotatable bonds is 5. The first kappa shape index (κ1) is 14.5. The molecule has 0 aromatic rings.